The molecule has 2 aromatic heterocycles. The number of piperidine rings is 1. The molecule has 158 valence electrons. The average Bonchev–Trinajstić information content (AvgIpc) is 3.20. The quantitative estimate of drug-likeness (QED) is 0.537. The average molecular weight is 427 g/mol. The Hall–Kier alpha value is -2.46. The van der Waals surface area contributed by atoms with Crippen LogP contribution in [-0.2, 0) is 30.9 Å². The molecule has 1 aliphatic heterocycles. The van der Waals surface area contributed by atoms with Gasteiger partial charge < -0.3 is 0 Å². The third kappa shape index (κ3) is 5.79. The van der Waals surface area contributed by atoms with Gasteiger partial charge in [-0.1, -0.05) is 35.5 Å². The molecule has 0 spiro atoms. The van der Waals surface area contributed by atoms with E-state index in [2.05, 4.69) is 37.1 Å². The van der Waals surface area contributed by atoms with Crippen LogP contribution in [0.25, 0.3) is 0 Å². The van der Waals surface area contributed by atoms with Crippen LogP contribution < -0.4 is 4.72 Å². The second kappa shape index (κ2) is 10.0. The standard InChI is InChI=1S/C21H26N6O2S/c28-30(29)23-13-17-3-1-5-20(11-17)19-6-9-26(10-7-19)15-21-16-27(25-24-21)14-18-4-2-8-22-12-18/h1-5,8,11-12,16,19,23H,6-7,9-10,13-15H2,(H,28,29). The van der Waals surface area contributed by atoms with Crippen molar-refractivity contribution in [2.75, 3.05) is 13.1 Å². The van der Waals surface area contributed by atoms with Crippen LogP contribution in [0.4, 0.5) is 0 Å². The molecule has 0 radical (unpaired) electrons. The van der Waals surface area contributed by atoms with Gasteiger partial charge in [0, 0.05) is 25.5 Å². The molecule has 1 unspecified atom stereocenters. The first-order valence-corrected chi connectivity index (χ1v) is 11.2. The van der Waals surface area contributed by atoms with Crippen LogP contribution in [0.3, 0.4) is 0 Å². The van der Waals surface area contributed by atoms with Gasteiger partial charge in [-0.05, 0) is 54.6 Å². The predicted molar refractivity (Wildman–Crippen MR) is 115 cm³/mol. The highest BCUT2D eigenvalue weighted by atomic mass is 32.2. The number of benzene rings is 1. The molecule has 1 saturated heterocycles. The molecule has 4 rings (SSSR count). The van der Waals surface area contributed by atoms with Gasteiger partial charge in [-0.25, -0.2) is 13.6 Å². The summed E-state index contributed by atoms with van der Waals surface area (Å²) < 4.78 is 24.1. The smallest absolute Gasteiger partial charge is 0.232 e. The Bertz CT molecular complexity index is 972. The molecule has 2 N–H and O–H groups in total. The van der Waals surface area contributed by atoms with Gasteiger partial charge in [-0.3, -0.25) is 14.4 Å². The summed E-state index contributed by atoms with van der Waals surface area (Å²) >= 11 is -1.98. The molecule has 0 bridgehead atoms. The molecule has 0 saturated carbocycles. The van der Waals surface area contributed by atoms with Gasteiger partial charge >= 0.3 is 0 Å². The van der Waals surface area contributed by atoms with Crippen LogP contribution in [0.5, 0.6) is 0 Å². The second-order valence-electron chi connectivity index (χ2n) is 7.63. The summed E-state index contributed by atoms with van der Waals surface area (Å²) in [5, 5.41) is 8.57. The van der Waals surface area contributed by atoms with Gasteiger partial charge in [0.25, 0.3) is 0 Å². The number of hydrogen-bond acceptors (Lipinski definition) is 5. The van der Waals surface area contributed by atoms with E-state index in [0.29, 0.717) is 19.0 Å². The first-order valence-electron chi connectivity index (χ1n) is 10.1. The first-order chi connectivity index (χ1) is 14.7. The minimum atomic E-state index is -1.98. The van der Waals surface area contributed by atoms with Crippen molar-refractivity contribution in [3.8, 4) is 0 Å². The number of aromatic nitrogens is 4. The number of hydrogen-bond donors (Lipinski definition) is 2. The number of likely N-dealkylation sites (tertiary alicyclic amines) is 1. The molecule has 8 nitrogen and oxygen atoms in total. The zero-order chi connectivity index (χ0) is 20.8. The van der Waals surface area contributed by atoms with E-state index in [4.69, 9.17) is 4.55 Å². The number of rotatable bonds is 8. The van der Waals surface area contributed by atoms with E-state index in [1.165, 1.54) is 5.56 Å². The molecule has 3 heterocycles. The Morgan fingerprint density at radius 2 is 1.97 bits per heavy atom. The largest absolute Gasteiger partial charge is 0.297 e. The van der Waals surface area contributed by atoms with Crippen LogP contribution >= 0.6 is 0 Å². The van der Waals surface area contributed by atoms with E-state index < -0.39 is 11.3 Å². The van der Waals surface area contributed by atoms with Crippen molar-refractivity contribution in [2.24, 2.45) is 0 Å². The van der Waals surface area contributed by atoms with Gasteiger partial charge in [-0.2, -0.15) is 0 Å². The monoisotopic (exact) mass is 426 g/mol. The van der Waals surface area contributed by atoms with Crippen LogP contribution in [0, 0.1) is 0 Å². The van der Waals surface area contributed by atoms with E-state index >= 15 is 0 Å². The Morgan fingerprint density at radius 1 is 1.13 bits per heavy atom. The zero-order valence-electron chi connectivity index (χ0n) is 16.7. The zero-order valence-corrected chi connectivity index (χ0v) is 17.5. The molecule has 1 aliphatic rings. The SMILES string of the molecule is O=S(O)NCc1cccc(C2CCN(Cc3cn(Cc4cccnc4)nn3)CC2)c1. The van der Waals surface area contributed by atoms with Crippen molar-refractivity contribution in [2.45, 2.75) is 38.4 Å². The molecule has 9 heteroatoms. The summed E-state index contributed by atoms with van der Waals surface area (Å²) in [5.74, 6) is 0.516. The molecular weight excluding hydrogens is 400 g/mol. The minimum Gasteiger partial charge on any atom is -0.297 e. The van der Waals surface area contributed by atoms with Crippen LogP contribution in [0.2, 0.25) is 0 Å². The maximum atomic E-state index is 10.8. The number of nitrogens with zero attached hydrogens (tertiary/aromatic N) is 5. The fourth-order valence-electron chi connectivity index (χ4n) is 3.92. The molecule has 0 aliphatic carbocycles. The van der Waals surface area contributed by atoms with E-state index in [9.17, 15) is 4.21 Å². The summed E-state index contributed by atoms with van der Waals surface area (Å²) in [6.45, 7) is 3.92. The highest BCUT2D eigenvalue weighted by Gasteiger charge is 2.21. The summed E-state index contributed by atoms with van der Waals surface area (Å²) in [6.07, 6.45) is 7.81. The number of nitrogens with one attached hydrogen (secondary N) is 1. The maximum Gasteiger partial charge on any atom is 0.232 e. The topological polar surface area (TPSA) is 96.2 Å². The minimum absolute atomic E-state index is 0.393. The molecule has 1 fully saturated rings. The highest BCUT2D eigenvalue weighted by molar-refractivity contribution is 7.77. The van der Waals surface area contributed by atoms with Gasteiger partial charge in [0.05, 0.1) is 18.4 Å². The Morgan fingerprint density at radius 3 is 2.73 bits per heavy atom. The molecular formula is C21H26N6O2S. The lowest BCUT2D eigenvalue weighted by Gasteiger charge is -2.31. The molecule has 30 heavy (non-hydrogen) atoms. The van der Waals surface area contributed by atoms with E-state index in [1.807, 2.05) is 41.3 Å². The molecule has 1 atom stereocenters. The third-order valence-electron chi connectivity index (χ3n) is 5.45. The highest BCUT2D eigenvalue weighted by Crippen LogP contribution is 2.29. The van der Waals surface area contributed by atoms with Crippen molar-refractivity contribution in [3.05, 3.63) is 77.4 Å². The van der Waals surface area contributed by atoms with Gasteiger partial charge in [0.1, 0.15) is 0 Å². The summed E-state index contributed by atoms with van der Waals surface area (Å²) in [6, 6.07) is 12.3. The maximum absolute atomic E-state index is 10.8. The van der Waals surface area contributed by atoms with E-state index in [1.54, 1.807) is 6.20 Å². The Balaban J connectivity index is 1.28. The van der Waals surface area contributed by atoms with Crippen molar-refractivity contribution in [3.63, 3.8) is 0 Å². The van der Waals surface area contributed by atoms with Crippen LogP contribution in [0.15, 0.2) is 55.0 Å². The molecule has 1 aromatic carbocycles. The fraction of sp³-hybridized carbons (Fsp3) is 0.381. The predicted octanol–water partition coefficient (Wildman–Crippen LogP) is 2.33. The van der Waals surface area contributed by atoms with Crippen molar-refractivity contribution in [1.82, 2.24) is 29.6 Å². The summed E-state index contributed by atoms with van der Waals surface area (Å²) in [5.41, 5.74) is 4.43. The second-order valence-corrected chi connectivity index (χ2v) is 8.42. The Kier molecular flexibility index (Phi) is 6.96. The molecule has 0 amide bonds. The lowest BCUT2D eigenvalue weighted by atomic mass is 9.88. The first kappa shape index (κ1) is 20.8. The normalized spacial score (nSPS) is 16.6. The van der Waals surface area contributed by atoms with E-state index in [0.717, 1.165) is 49.3 Å². The van der Waals surface area contributed by atoms with Crippen molar-refractivity contribution in [1.29, 1.82) is 0 Å². The van der Waals surface area contributed by atoms with Crippen LogP contribution in [0.1, 0.15) is 41.1 Å². The number of pyridine rings is 1. The Labute approximate surface area is 178 Å². The van der Waals surface area contributed by atoms with Gasteiger partial charge in [-0.15, -0.1) is 5.10 Å². The van der Waals surface area contributed by atoms with Gasteiger partial charge in [0.2, 0.25) is 11.3 Å². The van der Waals surface area contributed by atoms with Crippen molar-refractivity contribution < 1.29 is 8.76 Å². The van der Waals surface area contributed by atoms with E-state index in [-0.39, 0.29) is 0 Å². The van der Waals surface area contributed by atoms with Gasteiger partial charge in [0.15, 0.2) is 0 Å². The molecule has 3 aromatic rings. The third-order valence-corrected chi connectivity index (χ3v) is 5.84. The summed E-state index contributed by atoms with van der Waals surface area (Å²) in [4.78, 5) is 6.56. The van der Waals surface area contributed by atoms with Crippen LogP contribution in [-0.4, -0.2) is 46.7 Å². The lowest BCUT2D eigenvalue weighted by Crippen LogP contribution is -2.32. The fourth-order valence-corrected chi connectivity index (χ4v) is 4.21. The lowest BCUT2D eigenvalue weighted by molar-refractivity contribution is 0.202. The van der Waals surface area contributed by atoms with Crippen molar-refractivity contribution >= 4 is 11.3 Å². The summed E-state index contributed by atoms with van der Waals surface area (Å²) in [7, 11) is 0.